The van der Waals surface area contributed by atoms with E-state index in [9.17, 15) is 4.79 Å². The largest absolute Gasteiger partial charge is 0.465 e. The fourth-order valence-electron chi connectivity index (χ4n) is 2.30. The quantitative estimate of drug-likeness (QED) is 0.660. The Labute approximate surface area is 105 Å². The molecule has 0 fully saturated rings. The fourth-order valence-corrected chi connectivity index (χ4v) is 5.69. The molecule has 0 bridgehead atoms. The van der Waals surface area contributed by atoms with E-state index < -0.39 is 14.7 Å². The van der Waals surface area contributed by atoms with E-state index in [4.69, 9.17) is 14.0 Å². The summed E-state index contributed by atoms with van der Waals surface area (Å²) in [5, 5.41) is 11.3. The van der Waals surface area contributed by atoms with Crippen LogP contribution in [0.15, 0.2) is 0 Å². The summed E-state index contributed by atoms with van der Waals surface area (Å²) in [7, 11) is -2.33. The lowest BCUT2D eigenvalue weighted by Gasteiger charge is -2.36. The molecular weight excluding hydrogens is 238 g/mol. The van der Waals surface area contributed by atoms with E-state index in [0.717, 1.165) is 6.42 Å². The molecule has 0 spiro atoms. The number of carbonyl (C=O) groups is 1. The van der Waals surface area contributed by atoms with E-state index in [2.05, 4.69) is 5.32 Å². The SMILES string of the molecule is CCO[Si](C)(OCC)C(CC)C(C)NC(=O)O. The second-order valence-electron chi connectivity index (χ2n) is 4.13. The Kier molecular flexibility index (Phi) is 7.41. The highest BCUT2D eigenvalue weighted by Crippen LogP contribution is 2.31. The highest BCUT2D eigenvalue weighted by atomic mass is 28.4. The summed E-state index contributed by atoms with van der Waals surface area (Å²) in [4.78, 5) is 10.7. The van der Waals surface area contributed by atoms with Crippen molar-refractivity contribution < 1.29 is 18.8 Å². The third-order valence-electron chi connectivity index (χ3n) is 2.93. The number of amides is 1. The molecule has 0 aromatic carbocycles. The second kappa shape index (κ2) is 7.68. The minimum Gasteiger partial charge on any atom is -0.465 e. The van der Waals surface area contributed by atoms with Gasteiger partial charge in [-0.25, -0.2) is 4.79 Å². The minimum atomic E-state index is -2.33. The van der Waals surface area contributed by atoms with Crippen LogP contribution in [0.25, 0.3) is 0 Å². The zero-order valence-electron chi connectivity index (χ0n) is 11.4. The number of hydrogen-bond donors (Lipinski definition) is 2. The lowest BCUT2D eigenvalue weighted by atomic mass is 10.2. The molecule has 2 N–H and O–H groups in total. The van der Waals surface area contributed by atoms with Crippen LogP contribution < -0.4 is 5.32 Å². The van der Waals surface area contributed by atoms with Gasteiger partial charge in [-0.15, -0.1) is 0 Å². The maximum Gasteiger partial charge on any atom is 0.404 e. The van der Waals surface area contributed by atoms with E-state index in [1.54, 1.807) is 0 Å². The van der Waals surface area contributed by atoms with Gasteiger partial charge in [0.15, 0.2) is 0 Å². The first-order chi connectivity index (χ1) is 7.91. The Morgan fingerprint density at radius 2 is 1.76 bits per heavy atom. The van der Waals surface area contributed by atoms with Crippen molar-refractivity contribution >= 4 is 14.7 Å². The average molecular weight is 263 g/mol. The van der Waals surface area contributed by atoms with Gasteiger partial charge in [0.25, 0.3) is 0 Å². The van der Waals surface area contributed by atoms with Crippen molar-refractivity contribution in [1.29, 1.82) is 0 Å². The molecule has 0 saturated heterocycles. The molecule has 5 nitrogen and oxygen atoms in total. The second-order valence-corrected chi connectivity index (χ2v) is 7.49. The van der Waals surface area contributed by atoms with Crippen LogP contribution in [-0.2, 0) is 8.85 Å². The highest BCUT2D eigenvalue weighted by molar-refractivity contribution is 6.67. The maximum atomic E-state index is 10.7. The third kappa shape index (κ3) is 5.05. The van der Waals surface area contributed by atoms with Gasteiger partial charge in [-0.1, -0.05) is 6.92 Å². The first kappa shape index (κ1) is 16.4. The van der Waals surface area contributed by atoms with E-state index >= 15 is 0 Å². The smallest absolute Gasteiger partial charge is 0.404 e. The minimum absolute atomic E-state index is 0.110. The van der Waals surface area contributed by atoms with Gasteiger partial charge in [-0.3, -0.25) is 0 Å². The molecule has 0 heterocycles. The Balaban J connectivity index is 4.81. The van der Waals surface area contributed by atoms with Gasteiger partial charge in [0, 0.05) is 24.8 Å². The Bertz CT molecular complexity index is 232. The van der Waals surface area contributed by atoms with Crippen molar-refractivity contribution in [3.63, 3.8) is 0 Å². The average Bonchev–Trinajstić information content (AvgIpc) is 2.17. The molecule has 102 valence electrons. The summed E-state index contributed by atoms with van der Waals surface area (Å²) in [6, 6.07) is -0.160. The van der Waals surface area contributed by atoms with Crippen molar-refractivity contribution in [3.8, 4) is 0 Å². The van der Waals surface area contributed by atoms with E-state index in [1.807, 2.05) is 34.2 Å². The van der Waals surface area contributed by atoms with Crippen molar-refractivity contribution in [1.82, 2.24) is 5.32 Å². The summed E-state index contributed by atoms with van der Waals surface area (Å²) in [6.45, 7) is 11.0. The van der Waals surface area contributed by atoms with E-state index in [-0.39, 0.29) is 11.6 Å². The van der Waals surface area contributed by atoms with Crippen LogP contribution in [-0.4, -0.2) is 39.0 Å². The molecule has 6 heteroatoms. The van der Waals surface area contributed by atoms with E-state index in [0.29, 0.717) is 13.2 Å². The van der Waals surface area contributed by atoms with Crippen LogP contribution in [0.5, 0.6) is 0 Å². The van der Waals surface area contributed by atoms with Gasteiger partial charge in [0.2, 0.25) is 0 Å². The zero-order valence-corrected chi connectivity index (χ0v) is 12.4. The predicted octanol–water partition coefficient (Wildman–Crippen LogP) is 2.57. The van der Waals surface area contributed by atoms with Gasteiger partial charge < -0.3 is 19.3 Å². The van der Waals surface area contributed by atoms with Gasteiger partial charge in [-0.2, -0.15) is 0 Å². The summed E-state index contributed by atoms with van der Waals surface area (Å²) in [6.07, 6.45) is -0.162. The number of carboxylic acid groups (broad SMARTS) is 1. The van der Waals surface area contributed by atoms with Crippen molar-refractivity contribution in [2.75, 3.05) is 13.2 Å². The molecular formula is C11H25NO4Si. The molecule has 0 aliphatic rings. The number of nitrogens with one attached hydrogen (secondary N) is 1. The maximum absolute atomic E-state index is 10.7. The van der Waals surface area contributed by atoms with Crippen molar-refractivity contribution in [3.05, 3.63) is 0 Å². The summed E-state index contributed by atoms with van der Waals surface area (Å²) in [5.74, 6) is 0. The molecule has 0 aliphatic carbocycles. The zero-order chi connectivity index (χ0) is 13.5. The Hall–Kier alpha value is -0.593. The molecule has 0 rings (SSSR count). The molecule has 2 unspecified atom stereocenters. The molecule has 17 heavy (non-hydrogen) atoms. The van der Waals surface area contributed by atoms with Crippen LogP contribution in [0.1, 0.15) is 34.1 Å². The lowest BCUT2D eigenvalue weighted by Crippen LogP contribution is -2.51. The molecule has 0 aliphatic heterocycles. The van der Waals surface area contributed by atoms with Crippen LogP contribution in [0, 0.1) is 0 Å². The van der Waals surface area contributed by atoms with Gasteiger partial charge >= 0.3 is 14.7 Å². The molecule has 1 amide bonds. The number of hydrogen-bond acceptors (Lipinski definition) is 3. The molecule has 0 radical (unpaired) electrons. The van der Waals surface area contributed by atoms with Crippen LogP contribution in [0.3, 0.4) is 0 Å². The molecule has 0 aromatic heterocycles. The Morgan fingerprint density at radius 1 is 1.29 bits per heavy atom. The molecule has 0 aromatic rings. The first-order valence-electron chi connectivity index (χ1n) is 6.18. The van der Waals surface area contributed by atoms with Crippen LogP contribution in [0.4, 0.5) is 4.79 Å². The molecule has 0 saturated carbocycles. The lowest BCUT2D eigenvalue weighted by molar-refractivity contribution is 0.166. The summed E-state index contributed by atoms with van der Waals surface area (Å²) in [5.41, 5.74) is 0.110. The van der Waals surface area contributed by atoms with Crippen molar-refractivity contribution in [2.45, 2.75) is 52.2 Å². The fraction of sp³-hybridized carbons (Fsp3) is 0.909. The molecule has 2 atom stereocenters. The normalized spacial score (nSPS) is 15.4. The van der Waals surface area contributed by atoms with Crippen LogP contribution in [0.2, 0.25) is 12.1 Å². The summed E-state index contributed by atoms with van der Waals surface area (Å²) >= 11 is 0. The van der Waals surface area contributed by atoms with Gasteiger partial charge in [0.1, 0.15) is 0 Å². The monoisotopic (exact) mass is 263 g/mol. The third-order valence-corrected chi connectivity index (χ3v) is 6.91. The standard InChI is InChI=1S/C11H25NO4Si/c1-6-10(9(4)12-11(13)14)17(5,15-7-2)16-8-3/h9-10,12H,6-8H2,1-5H3,(H,13,14). The number of rotatable bonds is 8. The summed E-state index contributed by atoms with van der Waals surface area (Å²) < 4.78 is 11.6. The highest BCUT2D eigenvalue weighted by Gasteiger charge is 2.43. The van der Waals surface area contributed by atoms with E-state index in [1.165, 1.54) is 0 Å². The first-order valence-corrected chi connectivity index (χ1v) is 8.57. The van der Waals surface area contributed by atoms with Gasteiger partial charge in [-0.05, 0) is 33.7 Å². The topological polar surface area (TPSA) is 67.8 Å². The van der Waals surface area contributed by atoms with Gasteiger partial charge in [0.05, 0.1) is 0 Å². The Morgan fingerprint density at radius 3 is 2.06 bits per heavy atom. The predicted molar refractivity (Wildman–Crippen MR) is 69.5 cm³/mol. The van der Waals surface area contributed by atoms with Crippen molar-refractivity contribution in [2.24, 2.45) is 0 Å². The van der Waals surface area contributed by atoms with Crippen LogP contribution >= 0.6 is 0 Å².